The Kier molecular flexibility index (Phi) is 6.59. The third-order valence-electron chi connectivity index (χ3n) is 4.08. The molecule has 0 bridgehead atoms. The second kappa shape index (κ2) is 8.90. The van der Waals surface area contributed by atoms with Crippen LogP contribution >= 0.6 is 35.4 Å². The first-order valence-electron chi connectivity index (χ1n) is 8.22. The highest BCUT2D eigenvalue weighted by atomic mass is 35.5. The van der Waals surface area contributed by atoms with Gasteiger partial charge in [-0.1, -0.05) is 29.3 Å². The van der Waals surface area contributed by atoms with Crippen molar-refractivity contribution in [2.45, 2.75) is 32.0 Å². The molecule has 1 N–H and O–H groups in total. The van der Waals surface area contributed by atoms with E-state index >= 15 is 0 Å². The van der Waals surface area contributed by atoms with E-state index in [1.54, 1.807) is 12.3 Å². The van der Waals surface area contributed by atoms with E-state index < -0.39 is 0 Å². The van der Waals surface area contributed by atoms with Crippen molar-refractivity contribution in [3.05, 3.63) is 58.0 Å². The van der Waals surface area contributed by atoms with Gasteiger partial charge in [0, 0.05) is 19.7 Å². The molecule has 25 heavy (non-hydrogen) atoms. The summed E-state index contributed by atoms with van der Waals surface area (Å²) in [6, 6.07) is 9.42. The van der Waals surface area contributed by atoms with Gasteiger partial charge in [-0.25, -0.2) is 0 Å². The smallest absolute Gasteiger partial charge is 0.169 e. The van der Waals surface area contributed by atoms with Gasteiger partial charge in [0.2, 0.25) is 0 Å². The molecule has 1 aliphatic heterocycles. The number of halogens is 2. The van der Waals surface area contributed by atoms with Gasteiger partial charge in [-0.05, 0) is 54.9 Å². The normalized spacial score (nSPS) is 16.8. The van der Waals surface area contributed by atoms with Gasteiger partial charge in [-0.2, -0.15) is 0 Å². The highest BCUT2D eigenvalue weighted by molar-refractivity contribution is 7.80. The molecule has 0 amide bonds. The minimum Gasteiger partial charge on any atom is -0.467 e. The van der Waals surface area contributed by atoms with E-state index in [2.05, 4.69) is 5.32 Å². The number of nitrogens with zero attached hydrogens (tertiary/aromatic N) is 1. The molecule has 1 atom stereocenters. The van der Waals surface area contributed by atoms with Crippen LogP contribution in [0.15, 0.2) is 41.0 Å². The Morgan fingerprint density at radius 3 is 2.80 bits per heavy atom. The van der Waals surface area contributed by atoms with E-state index in [0.717, 1.165) is 37.3 Å². The molecule has 7 heteroatoms. The Morgan fingerprint density at radius 1 is 1.24 bits per heavy atom. The van der Waals surface area contributed by atoms with Crippen molar-refractivity contribution < 1.29 is 9.15 Å². The molecule has 1 aromatic carbocycles. The lowest BCUT2D eigenvalue weighted by atomic mass is 10.2. The van der Waals surface area contributed by atoms with Gasteiger partial charge in [-0.15, -0.1) is 0 Å². The SMILES string of the molecule is S=C(NC[C@@H]1CCCO1)N(Cc1ccc(Cl)c(Cl)c1)Cc1ccco1. The average molecular weight is 399 g/mol. The fourth-order valence-corrected chi connectivity index (χ4v) is 3.30. The zero-order valence-corrected chi connectivity index (χ0v) is 16.0. The van der Waals surface area contributed by atoms with Crippen LogP contribution in [0.25, 0.3) is 0 Å². The molecular weight excluding hydrogens is 379 g/mol. The summed E-state index contributed by atoms with van der Waals surface area (Å²) in [5.41, 5.74) is 1.03. The Balaban J connectivity index is 1.67. The maximum atomic E-state index is 6.13. The quantitative estimate of drug-likeness (QED) is 0.717. The second-order valence-corrected chi connectivity index (χ2v) is 7.21. The van der Waals surface area contributed by atoms with Gasteiger partial charge in [0.1, 0.15) is 5.76 Å². The van der Waals surface area contributed by atoms with Gasteiger partial charge in [-0.3, -0.25) is 0 Å². The summed E-state index contributed by atoms with van der Waals surface area (Å²) in [7, 11) is 0. The van der Waals surface area contributed by atoms with Crippen LogP contribution in [0, 0.1) is 0 Å². The molecule has 0 spiro atoms. The van der Waals surface area contributed by atoms with Crippen LogP contribution in [-0.4, -0.2) is 29.3 Å². The zero-order chi connectivity index (χ0) is 17.6. The van der Waals surface area contributed by atoms with E-state index in [1.807, 2.05) is 29.2 Å². The number of thiocarbonyl (C=S) groups is 1. The summed E-state index contributed by atoms with van der Waals surface area (Å²) in [6.45, 7) is 2.73. The van der Waals surface area contributed by atoms with Crippen molar-refractivity contribution in [2.24, 2.45) is 0 Å². The van der Waals surface area contributed by atoms with Crippen LogP contribution in [0.1, 0.15) is 24.2 Å². The lowest BCUT2D eigenvalue weighted by Gasteiger charge is -2.26. The minimum atomic E-state index is 0.230. The van der Waals surface area contributed by atoms with Crippen LogP contribution in [0.5, 0.6) is 0 Å². The molecule has 0 saturated carbocycles. The predicted molar refractivity (Wildman–Crippen MR) is 104 cm³/mol. The largest absolute Gasteiger partial charge is 0.467 e. The fourth-order valence-electron chi connectivity index (χ4n) is 2.77. The van der Waals surface area contributed by atoms with Crippen molar-refractivity contribution in [2.75, 3.05) is 13.2 Å². The highest BCUT2D eigenvalue weighted by Crippen LogP contribution is 2.23. The Morgan fingerprint density at radius 2 is 2.12 bits per heavy atom. The number of rotatable bonds is 6. The molecule has 0 aliphatic carbocycles. The van der Waals surface area contributed by atoms with Crippen molar-refractivity contribution in [1.29, 1.82) is 0 Å². The predicted octanol–water partition coefficient (Wildman–Crippen LogP) is 4.64. The molecule has 1 saturated heterocycles. The summed E-state index contributed by atoms with van der Waals surface area (Å²) < 4.78 is 11.1. The van der Waals surface area contributed by atoms with Crippen LogP contribution < -0.4 is 5.32 Å². The molecule has 1 aliphatic rings. The molecule has 0 radical (unpaired) electrons. The number of benzene rings is 1. The van der Waals surface area contributed by atoms with Gasteiger partial charge >= 0.3 is 0 Å². The number of ether oxygens (including phenoxy) is 1. The first-order valence-corrected chi connectivity index (χ1v) is 9.39. The number of furan rings is 1. The summed E-state index contributed by atoms with van der Waals surface area (Å²) >= 11 is 17.7. The Hall–Kier alpha value is -1.27. The van der Waals surface area contributed by atoms with Gasteiger partial charge in [0.05, 0.1) is 29.0 Å². The summed E-state index contributed by atoms with van der Waals surface area (Å²) in [6.07, 6.45) is 4.07. The van der Waals surface area contributed by atoms with Crippen LogP contribution in [0.4, 0.5) is 0 Å². The van der Waals surface area contributed by atoms with E-state index in [9.17, 15) is 0 Å². The maximum Gasteiger partial charge on any atom is 0.169 e. The van der Waals surface area contributed by atoms with Gasteiger partial charge in [0.25, 0.3) is 0 Å². The van der Waals surface area contributed by atoms with Crippen LogP contribution in [0.3, 0.4) is 0 Å². The van der Waals surface area contributed by atoms with Gasteiger partial charge < -0.3 is 19.4 Å². The molecule has 4 nitrogen and oxygen atoms in total. The third kappa shape index (κ3) is 5.35. The standard InChI is InChI=1S/C18H20Cl2N2O2S/c19-16-6-5-13(9-17(16)20)11-22(12-15-4-2-8-24-15)18(25)21-10-14-3-1-7-23-14/h2,4-6,8-9,14H,1,3,7,10-12H2,(H,21,25)/t14-/m0/s1. The Bertz CT molecular complexity index is 703. The number of nitrogens with one attached hydrogen (secondary N) is 1. The molecule has 3 rings (SSSR count). The average Bonchev–Trinajstić information content (AvgIpc) is 3.29. The summed E-state index contributed by atoms with van der Waals surface area (Å²) in [5.74, 6) is 0.848. The Labute approximate surface area is 163 Å². The number of hydrogen-bond acceptors (Lipinski definition) is 3. The molecule has 0 unspecified atom stereocenters. The van der Waals surface area contributed by atoms with Crippen molar-refractivity contribution >= 4 is 40.5 Å². The van der Waals surface area contributed by atoms with E-state index in [-0.39, 0.29) is 6.10 Å². The van der Waals surface area contributed by atoms with Crippen molar-refractivity contribution in [1.82, 2.24) is 10.2 Å². The molecular formula is C18H20Cl2N2O2S. The molecule has 1 fully saturated rings. The van der Waals surface area contributed by atoms with Crippen molar-refractivity contribution in [3.63, 3.8) is 0 Å². The van der Waals surface area contributed by atoms with Crippen LogP contribution in [-0.2, 0) is 17.8 Å². The van der Waals surface area contributed by atoms with Crippen LogP contribution in [0.2, 0.25) is 10.0 Å². The lowest BCUT2D eigenvalue weighted by molar-refractivity contribution is 0.113. The molecule has 2 aromatic rings. The highest BCUT2D eigenvalue weighted by Gasteiger charge is 2.18. The number of hydrogen-bond donors (Lipinski definition) is 1. The molecule has 1 aromatic heterocycles. The van der Waals surface area contributed by atoms with E-state index in [4.69, 9.17) is 44.6 Å². The van der Waals surface area contributed by atoms with E-state index in [0.29, 0.717) is 28.2 Å². The zero-order valence-electron chi connectivity index (χ0n) is 13.7. The topological polar surface area (TPSA) is 37.6 Å². The second-order valence-electron chi connectivity index (χ2n) is 6.00. The lowest BCUT2D eigenvalue weighted by Crippen LogP contribution is -2.41. The molecule has 134 valence electrons. The first kappa shape index (κ1) is 18.5. The summed E-state index contributed by atoms with van der Waals surface area (Å²) in [5, 5.41) is 5.06. The summed E-state index contributed by atoms with van der Waals surface area (Å²) in [4.78, 5) is 2.04. The molecule has 2 heterocycles. The third-order valence-corrected chi connectivity index (χ3v) is 5.22. The fraction of sp³-hybridized carbons (Fsp3) is 0.389. The first-order chi connectivity index (χ1) is 12.1. The van der Waals surface area contributed by atoms with Gasteiger partial charge in [0.15, 0.2) is 5.11 Å². The van der Waals surface area contributed by atoms with E-state index in [1.165, 1.54) is 0 Å². The monoisotopic (exact) mass is 398 g/mol. The minimum absolute atomic E-state index is 0.230. The maximum absolute atomic E-state index is 6.13. The van der Waals surface area contributed by atoms with Crippen molar-refractivity contribution in [3.8, 4) is 0 Å².